The van der Waals surface area contributed by atoms with Crippen molar-refractivity contribution in [1.29, 1.82) is 0 Å². The molecule has 0 saturated carbocycles. The minimum atomic E-state index is -4.62. The standard InChI is InChI=1S/C20H17ClF3N3OS/c21-17-16(19(28)25-10-14-7-4-8-29-14)26-18-15(20(22,23)24)9-13(11-27(17)18)12-5-2-1-3-6-12/h4-5,7-9,11H,1-3,6,10H2,(H,25,28). The predicted molar refractivity (Wildman–Crippen MR) is 107 cm³/mol. The van der Waals surface area contributed by atoms with Crippen LogP contribution in [0.3, 0.4) is 0 Å². The number of pyridine rings is 1. The highest BCUT2D eigenvalue weighted by atomic mass is 35.5. The van der Waals surface area contributed by atoms with Crippen molar-refractivity contribution in [3.63, 3.8) is 0 Å². The maximum atomic E-state index is 13.7. The number of nitrogens with one attached hydrogen (secondary N) is 1. The summed E-state index contributed by atoms with van der Waals surface area (Å²) >= 11 is 7.77. The van der Waals surface area contributed by atoms with E-state index in [1.807, 2.05) is 23.6 Å². The van der Waals surface area contributed by atoms with Crippen molar-refractivity contribution in [2.45, 2.75) is 38.4 Å². The molecule has 9 heteroatoms. The molecule has 152 valence electrons. The molecule has 0 unspecified atom stereocenters. The highest BCUT2D eigenvalue weighted by Crippen LogP contribution is 2.37. The molecule has 4 rings (SSSR count). The molecule has 4 nitrogen and oxygen atoms in total. The Morgan fingerprint density at radius 2 is 2.17 bits per heavy atom. The Balaban J connectivity index is 1.76. The minimum absolute atomic E-state index is 0.132. The average Bonchev–Trinajstić information content (AvgIpc) is 3.33. The largest absolute Gasteiger partial charge is 0.420 e. The van der Waals surface area contributed by atoms with Gasteiger partial charge in [-0.15, -0.1) is 11.3 Å². The second-order valence-electron chi connectivity index (χ2n) is 6.82. The second kappa shape index (κ2) is 7.84. The lowest BCUT2D eigenvalue weighted by molar-refractivity contribution is -0.136. The summed E-state index contributed by atoms with van der Waals surface area (Å²) in [4.78, 5) is 17.4. The molecule has 0 aromatic carbocycles. The molecular formula is C20H17ClF3N3OS. The number of carbonyl (C=O) groups excluding carboxylic acids is 1. The van der Waals surface area contributed by atoms with Crippen LogP contribution in [0.1, 0.15) is 52.2 Å². The molecule has 0 radical (unpaired) electrons. The Morgan fingerprint density at radius 1 is 1.34 bits per heavy atom. The maximum absolute atomic E-state index is 13.7. The van der Waals surface area contributed by atoms with Crippen molar-refractivity contribution in [1.82, 2.24) is 14.7 Å². The summed E-state index contributed by atoms with van der Waals surface area (Å²) in [6.07, 6.45) is 2.38. The van der Waals surface area contributed by atoms with Gasteiger partial charge in [0.15, 0.2) is 11.3 Å². The number of alkyl halides is 3. The van der Waals surface area contributed by atoms with Crippen LogP contribution in [0.15, 0.2) is 35.9 Å². The molecule has 1 aliphatic carbocycles. The summed E-state index contributed by atoms with van der Waals surface area (Å²) in [6.45, 7) is 0.255. The van der Waals surface area contributed by atoms with Gasteiger partial charge in [0.05, 0.1) is 12.1 Å². The van der Waals surface area contributed by atoms with E-state index in [1.54, 1.807) is 0 Å². The van der Waals surface area contributed by atoms with Gasteiger partial charge in [-0.3, -0.25) is 9.20 Å². The van der Waals surface area contributed by atoms with Crippen LogP contribution in [0.4, 0.5) is 13.2 Å². The van der Waals surface area contributed by atoms with E-state index in [0.717, 1.165) is 40.2 Å². The summed E-state index contributed by atoms with van der Waals surface area (Å²) in [5.74, 6) is -0.612. The van der Waals surface area contributed by atoms with Crippen molar-refractivity contribution in [3.05, 3.63) is 62.7 Å². The molecule has 1 amide bonds. The van der Waals surface area contributed by atoms with Gasteiger partial charge in [-0.2, -0.15) is 13.2 Å². The van der Waals surface area contributed by atoms with Gasteiger partial charge in [0.25, 0.3) is 5.91 Å². The second-order valence-corrected chi connectivity index (χ2v) is 8.21. The number of carbonyl (C=O) groups is 1. The molecule has 0 atom stereocenters. The number of hydrogen-bond acceptors (Lipinski definition) is 3. The number of halogens is 4. The molecule has 29 heavy (non-hydrogen) atoms. The molecule has 1 N–H and O–H groups in total. The normalized spacial score (nSPS) is 14.8. The third-order valence-corrected chi connectivity index (χ3v) is 6.08. The molecule has 0 aliphatic heterocycles. The molecule has 0 bridgehead atoms. The van der Waals surface area contributed by atoms with Gasteiger partial charge in [-0.25, -0.2) is 4.98 Å². The third-order valence-electron chi connectivity index (χ3n) is 4.85. The number of fused-ring (bicyclic) bond motifs is 1. The molecule has 0 spiro atoms. The number of allylic oxidation sites excluding steroid dienone is 2. The van der Waals surface area contributed by atoms with Gasteiger partial charge >= 0.3 is 6.18 Å². The van der Waals surface area contributed by atoms with Crippen LogP contribution in [-0.4, -0.2) is 15.3 Å². The van der Waals surface area contributed by atoms with Crippen molar-refractivity contribution in [2.24, 2.45) is 0 Å². The number of imidazole rings is 1. The predicted octanol–water partition coefficient (Wildman–Crippen LogP) is 5.96. The third kappa shape index (κ3) is 4.04. The number of aromatic nitrogens is 2. The van der Waals surface area contributed by atoms with Gasteiger partial charge < -0.3 is 5.32 Å². The number of thiophene rings is 1. The number of nitrogens with zero attached hydrogens (tertiary/aromatic N) is 2. The maximum Gasteiger partial charge on any atom is 0.420 e. The highest BCUT2D eigenvalue weighted by molar-refractivity contribution is 7.09. The van der Waals surface area contributed by atoms with E-state index in [0.29, 0.717) is 12.0 Å². The Morgan fingerprint density at radius 3 is 2.83 bits per heavy atom. The zero-order valence-electron chi connectivity index (χ0n) is 15.2. The van der Waals surface area contributed by atoms with E-state index in [4.69, 9.17) is 11.6 Å². The van der Waals surface area contributed by atoms with Gasteiger partial charge in [-0.1, -0.05) is 23.7 Å². The number of hydrogen-bond donors (Lipinski definition) is 1. The van der Waals surface area contributed by atoms with Crippen molar-refractivity contribution in [2.75, 3.05) is 0 Å². The minimum Gasteiger partial charge on any atom is -0.346 e. The van der Waals surface area contributed by atoms with E-state index in [-0.39, 0.29) is 23.0 Å². The first-order valence-electron chi connectivity index (χ1n) is 9.13. The van der Waals surface area contributed by atoms with E-state index in [1.165, 1.54) is 17.5 Å². The van der Waals surface area contributed by atoms with Crippen molar-refractivity contribution in [3.8, 4) is 0 Å². The Labute approximate surface area is 174 Å². The van der Waals surface area contributed by atoms with Crippen molar-refractivity contribution < 1.29 is 18.0 Å². The Bertz CT molecular complexity index is 1090. The van der Waals surface area contributed by atoms with E-state index < -0.39 is 17.6 Å². The van der Waals surface area contributed by atoms with Gasteiger partial charge in [0, 0.05) is 11.1 Å². The van der Waals surface area contributed by atoms with Crippen LogP contribution in [-0.2, 0) is 12.7 Å². The van der Waals surface area contributed by atoms with E-state index >= 15 is 0 Å². The summed E-state index contributed by atoms with van der Waals surface area (Å²) in [6, 6.07) is 4.80. The van der Waals surface area contributed by atoms with Gasteiger partial charge in [-0.05, 0) is 54.3 Å². The molecule has 0 saturated heterocycles. The summed E-state index contributed by atoms with van der Waals surface area (Å²) in [5.41, 5.74) is -0.181. The summed E-state index contributed by atoms with van der Waals surface area (Å²) in [7, 11) is 0. The monoisotopic (exact) mass is 439 g/mol. The lowest BCUT2D eigenvalue weighted by atomic mass is 9.94. The van der Waals surface area contributed by atoms with Crippen LogP contribution in [0, 0.1) is 0 Å². The van der Waals surface area contributed by atoms with E-state index in [9.17, 15) is 18.0 Å². The quantitative estimate of drug-likeness (QED) is 0.545. The van der Waals surface area contributed by atoms with Crippen LogP contribution in [0.25, 0.3) is 11.2 Å². The lowest BCUT2D eigenvalue weighted by Gasteiger charge is -2.16. The molecule has 0 fully saturated rings. The summed E-state index contributed by atoms with van der Waals surface area (Å²) in [5, 5.41) is 4.40. The first kappa shape index (κ1) is 20.0. The van der Waals surface area contributed by atoms with Gasteiger partial charge in [0.1, 0.15) is 5.15 Å². The fourth-order valence-corrected chi connectivity index (χ4v) is 4.31. The SMILES string of the molecule is O=C(NCc1cccs1)c1nc2c(C(F)(F)F)cc(C3=CCCCC3)cn2c1Cl. The lowest BCUT2D eigenvalue weighted by Crippen LogP contribution is -2.23. The van der Waals surface area contributed by atoms with Crippen LogP contribution < -0.4 is 5.32 Å². The Kier molecular flexibility index (Phi) is 5.40. The number of rotatable bonds is 4. The van der Waals surface area contributed by atoms with Crippen LogP contribution in [0.5, 0.6) is 0 Å². The molecule has 3 aromatic rings. The topological polar surface area (TPSA) is 46.4 Å². The smallest absolute Gasteiger partial charge is 0.346 e. The van der Waals surface area contributed by atoms with Crippen LogP contribution in [0.2, 0.25) is 5.15 Å². The fraction of sp³-hybridized carbons (Fsp3) is 0.300. The average molecular weight is 440 g/mol. The Hall–Kier alpha value is -2.32. The molecule has 1 aliphatic rings. The zero-order valence-corrected chi connectivity index (χ0v) is 16.8. The van der Waals surface area contributed by atoms with E-state index in [2.05, 4.69) is 10.3 Å². The fourth-order valence-electron chi connectivity index (χ4n) is 3.41. The summed E-state index contributed by atoms with van der Waals surface area (Å²) < 4.78 is 42.3. The first-order chi connectivity index (χ1) is 13.8. The molecule has 3 heterocycles. The van der Waals surface area contributed by atoms with Crippen molar-refractivity contribution >= 4 is 40.1 Å². The highest BCUT2D eigenvalue weighted by Gasteiger charge is 2.36. The van der Waals surface area contributed by atoms with Gasteiger partial charge in [0.2, 0.25) is 0 Å². The first-order valence-corrected chi connectivity index (χ1v) is 10.4. The van der Waals surface area contributed by atoms with Crippen LogP contribution >= 0.6 is 22.9 Å². The number of amides is 1. The molecular weight excluding hydrogens is 423 g/mol. The molecule has 3 aromatic heterocycles. The zero-order chi connectivity index (χ0) is 20.6.